The van der Waals surface area contributed by atoms with Crippen LogP contribution in [0.25, 0.3) is 11.3 Å². The number of hydrogen-bond acceptors (Lipinski definition) is 3. The Morgan fingerprint density at radius 2 is 2.08 bits per heavy atom. The number of aromatic amines is 1. The quantitative estimate of drug-likeness (QED) is 0.774. The molecule has 1 aliphatic heterocycles. The number of carbonyl (C=O) groups is 1. The number of carbonyl (C=O) groups excluding carboxylic acids is 1. The maximum absolute atomic E-state index is 12.9. The summed E-state index contributed by atoms with van der Waals surface area (Å²) in [6, 6.07) is 11.9. The van der Waals surface area contributed by atoms with E-state index in [1.54, 1.807) is 6.26 Å². The standard InChI is InChI=1S/C20H21N3O2/c1-14-10-12-25-18(14)20(24)23-11-6-5-9-17(23)19-21-13-16(22-19)15-7-3-2-4-8-15/h2-4,7-8,10,12-13,17H,5-6,9,11H2,1H3,(H,21,22). The number of rotatable bonds is 3. The molecule has 0 aliphatic carbocycles. The average Bonchev–Trinajstić information content (AvgIpc) is 3.31. The molecule has 0 bridgehead atoms. The number of aryl methyl sites for hydroxylation is 1. The van der Waals surface area contributed by atoms with Crippen LogP contribution >= 0.6 is 0 Å². The summed E-state index contributed by atoms with van der Waals surface area (Å²) in [7, 11) is 0. The summed E-state index contributed by atoms with van der Waals surface area (Å²) < 4.78 is 5.42. The fraction of sp³-hybridized carbons (Fsp3) is 0.300. The van der Waals surface area contributed by atoms with Gasteiger partial charge in [-0.25, -0.2) is 4.98 Å². The van der Waals surface area contributed by atoms with Gasteiger partial charge in [0.2, 0.25) is 0 Å². The molecule has 25 heavy (non-hydrogen) atoms. The second-order valence-electron chi connectivity index (χ2n) is 6.49. The second-order valence-corrected chi connectivity index (χ2v) is 6.49. The van der Waals surface area contributed by atoms with E-state index in [-0.39, 0.29) is 11.9 Å². The van der Waals surface area contributed by atoms with Gasteiger partial charge in [0.1, 0.15) is 5.82 Å². The molecule has 4 rings (SSSR count). The predicted octanol–water partition coefficient (Wildman–Crippen LogP) is 4.35. The highest BCUT2D eigenvalue weighted by Crippen LogP contribution is 2.32. The third kappa shape index (κ3) is 2.97. The van der Waals surface area contributed by atoms with Crippen LogP contribution in [0.5, 0.6) is 0 Å². The van der Waals surface area contributed by atoms with Crippen molar-refractivity contribution in [3.63, 3.8) is 0 Å². The van der Waals surface area contributed by atoms with Crippen LogP contribution < -0.4 is 0 Å². The molecule has 0 radical (unpaired) electrons. The predicted molar refractivity (Wildman–Crippen MR) is 95.1 cm³/mol. The van der Waals surface area contributed by atoms with Crippen molar-refractivity contribution in [2.24, 2.45) is 0 Å². The Balaban J connectivity index is 1.63. The van der Waals surface area contributed by atoms with Crippen LogP contribution in [0.2, 0.25) is 0 Å². The van der Waals surface area contributed by atoms with E-state index in [2.05, 4.69) is 9.97 Å². The lowest BCUT2D eigenvalue weighted by Crippen LogP contribution is -2.39. The van der Waals surface area contributed by atoms with E-state index in [1.807, 2.05) is 54.4 Å². The lowest BCUT2D eigenvalue weighted by molar-refractivity contribution is 0.0567. The third-order valence-corrected chi connectivity index (χ3v) is 4.82. The van der Waals surface area contributed by atoms with E-state index >= 15 is 0 Å². The molecule has 1 fully saturated rings. The van der Waals surface area contributed by atoms with Gasteiger partial charge in [-0.2, -0.15) is 0 Å². The fourth-order valence-corrected chi connectivity index (χ4v) is 3.45. The minimum Gasteiger partial charge on any atom is -0.459 e. The summed E-state index contributed by atoms with van der Waals surface area (Å²) in [5.41, 5.74) is 2.94. The molecule has 2 aromatic heterocycles. The number of nitrogens with zero attached hydrogens (tertiary/aromatic N) is 2. The smallest absolute Gasteiger partial charge is 0.290 e. The normalized spacial score (nSPS) is 17.6. The molecule has 1 atom stereocenters. The molecular formula is C20H21N3O2. The zero-order valence-electron chi connectivity index (χ0n) is 14.2. The van der Waals surface area contributed by atoms with Gasteiger partial charge in [0.25, 0.3) is 5.91 Å². The number of piperidine rings is 1. The van der Waals surface area contributed by atoms with E-state index < -0.39 is 0 Å². The number of amides is 1. The van der Waals surface area contributed by atoms with Crippen LogP contribution in [0, 0.1) is 6.92 Å². The topological polar surface area (TPSA) is 62.1 Å². The fourth-order valence-electron chi connectivity index (χ4n) is 3.45. The number of imidazole rings is 1. The Morgan fingerprint density at radius 3 is 2.84 bits per heavy atom. The van der Waals surface area contributed by atoms with E-state index in [4.69, 9.17) is 4.42 Å². The molecule has 3 aromatic rings. The van der Waals surface area contributed by atoms with Gasteiger partial charge < -0.3 is 14.3 Å². The number of likely N-dealkylation sites (tertiary alicyclic amines) is 1. The first-order chi connectivity index (χ1) is 12.2. The van der Waals surface area contributed by atoms with E-state index in [9.17, 15) is 4.79 Å². The SMILES string of the molecule is Cc1ccoc1C(=O)N1CCCCC1c1ncc(-c2ccccc2)[nH]1. The zero-order chi connectivity index (χ0) is 17.2. The summed E-state index contributed by atoms with van der Waals surface area (Å²) in [6.45, 7) is 2.63. The van der Waals surface area contributed by atoms with Crippen LogP contribution in [-0.2, 0) is 0 Å². The molecule has 3 heterocycles. The van der Waals surface area contributed by atoms with Crippen LogP contribution in [0.1, 0.15) is 47.2 Å². The van der Waals surface area contributed by atoms with Crippen molar-refractivity contribution >= 4 is 5.91 Å². The van der Waals surface area contributed by atoms with Gasteiger partial charge in [-0.15, -0.1) is 0 Å². The monoisotopic (exact) mass is 335 g/mol. The van der Waals surface area contributed by atoms with Crippen molar-refractivity contribution in [1.82, 2.24) is 14.9 Å². The lowest BCUT2D eigenvalue weighted by atomic mass is 10.0. The Kier molecular flexibility index (Phi) is 4.14. The first-order valence-electron chi connectivity index (χ1n) is 8.69. The number of furan rings is 1. The van der Waals surface area contributed by atoms with Gasteiger partial charge >= 0.3 is 0 Å². The lowest BCUT2D eigenvalue weighted by Gasteiger charge is -2.34. The Labute approximate surface area is 146 Å². The summed E-state index contributed by atoms with van der Waals surface area (Å²) in [6.07, 6.45) is 6.43. The number of nitrogens with one attached hydrogen (secondary N) is 1. The van der Waals surface area contributed by atoms with Gasteiger partial charge in [0.15, 0.2) is 5.76 Å². The molecular weight excluding hydrogens is 314 g/mol. The molecule has 5 heteroatoms. The summed E-state index contributed by atoms with van der Waals surface area (Å²) in [5, 5.41) is 0. The van der Waals surface area contributed by atoms with E-state index in [0.717, 1.165) is 48.5 Å². The van der Waals surface area contributed by atoms with E-state index in [1.165, 1.54) is 0 Å². The Bertz CT molecular complexity index is 866. The Hall–Kier alpha value is -2.82. The maximum atomic E-state index is 12.9. The van der Waals surface area contributed by atoms with Gasteiger partial charge in [-0.3, -0.25) is 4.79 Å². The number of hydrogen-bond donors (Lipinski definition) is 1. The average molecular weight is 335 g/mol. The molecule has 1 aliphatic rings. The van der Waals surface area contributed by atoms with Gasteiger partial charge in [0.05, 0.1) is 24.2 Å². The number of benzene rings is 1. The molecule has 5 nitrogen and oxygen atoms in total. The van der Waals surface area contributed by atoms with Crippen molar-refractivity contribution in [3.05, 3.63) is 66.0 Å². The molecule has 128 valence electrons. The highest BCUT2D eigenvalue weighted by Gasteiger charge is 2.32. The highest BCUT2D eigenvalue weighted by atomic mass is 16.3. The van der Waals surface area contributed by atoms with Crippen molar-refractivity contribution < 1.29 is 9.21 Å². The van der Waals surface area contributed by atoms with Crippen molar-refractivity contribution in [1.29, 1.82) is 0 Å². The van der Waals surface area contributed by atoms with Crippen LogP contribution in [-0.4, -0.2) is 27.3 Å². The van der Waals surface area contributed by atoms with Crippen LogP contribution in [0.3, 0.4) is 0 Å². The summed E-state index contributed by atoms with van der Waals surface area (Å²) in [5.74, 6) is 1.22. The van der Waals surface area contributed by atoms with Crippen LogP contribution in [0.15, 0.2) is 53.3 Å². The minimum atomic E-state index is -0.0511. The minimum absolute atomic E-state index is 0.0387. The van der Waals surface area contributed by atoms with Crippen molar-refractivity contribution in [2.75, 3.05) is 6.54 Å². The molecule has 1 unspecified atom stereocenters. The molecule has 0 saturated carbocycles. The van der Waals surface area contributed by atoms with Gasteiger partial charge in [-0.05, 0) is 37.8 Å². The third-order valence-electron chi connectivity index (χ3n) is 4.82. The molecule has 1 aromatic carbocycles. The first kappa shape index (κ1) is 15.7. The zero-order valence-corrected chi connectivity index (χ0v) is 14.2. The van der Waals surface area contributed by atoms with Gasteiger partial charge in [0, 0.05) is 12.1 Å². The van der Waals surface area contributed by atoms with Crippen LogP contribution in [0.4, 0.5) is 0 Å². The van der Waals surface area contributed by atoms with E-state index in [0.29, 0.717) is 5.76 Å². The first-order valence-corrected chi connectivity index (χ1v) is 8.69. The largest absolute Gasteiger partial charge is 0.459 e. The Morgan fingerprint density at radius 1 is 1.24 bits per heavy atom. The highest BCUT2D eigenvalue weighted by molar-refractivity contribution is 5.93. The summed E-state index contributed by atoms with van der Waals surface area (Å²) >= 11 is 0. The number of aromatic nitrogens is 2. The number of H-pyrrole nitrogens is 1. The molecule has 1 saturated heterocycles. The second kappa shape index (κ2) is 6.59. The van der Waals surface area contributed by atoms with Crippen molar-refractivity contribution in [3.8, 4) is 11.3 Å². The summed E-state index contributed by atoms with van der Waals surface area (Å²) in [4.78, 5) is 22.8. The van der Waals surface area contributed by atoms with Gasteiger partial charge in [-0.1, -0.05) is 30.3 Å². The molecule has 1 N–H and O–H groups in total. The molecule has 1 amide bonds. The maximum Gasteiger partial charge on any atom is 0.290 e. The van der Waals surface area contributed by atoms with Crippen molar-refractivity contribution in [2.45, 2.75) is 32.2 Å². The molecule has 0 spiro atoms.